The van der Waals surface area contributed by atoms with Crippen molar-refractivity contribution in [1.82, 2.24) is 25.3 Å². The largest absolute Gasteiger partial charge is 0.379 e. The molecule has 0 spiro atoms. The molecule has 4 rings (SSSR count). The highest BCUT2D eigenvalue weighted by Crippen LogP contribution is 2.28. The summed E-state index contributed by atoms with van der Waals surface area (Å²) in [4.78, 5) is 6.89. The molecular weight excluding hydrogens is 338 g/mol. The van der Waals surface area contributed by atoms with Gasteiger partial charge in [0.2, 0.25) is 0 Å². The average Bonchev–Trinajstić information content (AvgIpc) is 3.19. The number of ether oxygens (including phenoxy) is 1. The molecule has 1 aliphatic heterocycles. The third kappa shape index (κ3) is 4.07. The molecule has 2 aromatic heterocycles. The fraction of sp³-hybridized carbons (Fsp3) is 0.381. The average molecular weight is 363 g/mol. The molecule has 0 radical (unpaired) electrons. The van der Waals surface area contributed by atoms with E-state index in [1.54, 1.807) is 0 Å². The lowest BCUT2D eigenvalue weighted by molar-refractivity contribution is 0.0342. The Hall–Kier alpha value is -2.57. The molecule has 1 N–H and O–H groups in total. The monoisotopic (exact) mass is 363 g/mol. The highest BCUT2D eigenvalue weighted by molar-refractivity contribution is 5.71. The molecule has 140 valence electrons. The second-order valence-corrected chi connectivity index (χ2v) is 7.26. The smallest absolute Gasteiger partial charge is 0.117 e. The molecule has 0 atom stereocenters. The Morgan fingerprint density at radius 1 is 1.04 bits per heavy atom. The van der Waals surface area contributed by atoms with Crippen molar-refractivity contribution in [3.8, 4) is 22.4 Å². The van der Waals surface area contributed by atoms with Gasteiger partial charge < -0.3 is 4.74 Å². The van der Waals surface area contributed by atoms with E-state index in [1.165, 1.54) is 11.1 Å². The van der Waals surface area contributed by atoms with E-state index >= 15 is 0 Å². The van der Waals surface area contributed by atoms with Crippen molar-refractivity contribution in [3.63, 3.8) is 0 Å². The first-order valence-electron chi connectivity index (χ1n) is 9.46. The van der Waals surface area contributed by atoms with Crippen LogP contribution in [0.5, 0.6) is 0 Å². The maximum atomic E-state index is 5.44. The van der Waals surface area contributed by atoms with Crippen molar-refractivity contribution < 1.29 is 4.74 Å². The Bertz CT molecular complexity index is 899. The van der Waals surface area contributed by atoms with Gasteiger partial charge in [-0.15, -0.1) is 0 Å². The van der Waals surface area contributed by atoms with Crippen LogP contribution < -0.4 is 0 Å². The van der Waals surface area contributed by atoms with Crippen LogP contribution in [0.1, 0.15) is 31.0 Å². The summed E-state index contributed by atoms with van der Waals surface area (Å²) in [6.07, 6.45) is 3.76. The van der Waals surface area contributed by atoms with Crippen LogP contribution in [0.2, 0.25) is 0 Å². The first-order valence-corrected chi connectivity index (χ1v) is 9.46. The SMILES string of the molecule is CC(C)c1n[nH]nc1-c1cncc(-c2cccc(CN3CCOCC3)c2)c1. The van der Waals surface area contributed by atoms with Gasteiger partial charge in [0, 0.05) is 43.2 Å². The number of morpholine rings is 1. The Balaban J connectivity index is 1.60. The van der Waals surface area contributed by atoms with Crippen LogP contribution >= 0.6 is 0 Å². The molecule has 0 saturated carbocycles. The number of benzene rings is 1. The topological polar surface area (TPSA) is 66.9 Å². The summed E-state index contributed by atoms with van der Waals surface area (Å²) >= 11 is 0. The molecule has 1 saturated heterocycles. The molecule has 1 fully saturated rings. The second kappa shape index (κ2) is 7.98. The quantitative estimate of drug-likeness (QED) is 0.752. The number of aromatic nitrogens is 4. The van der Waals surface area contributed by atoms with Crippen molar-refractivity contribution in [3.05, 3.63) is 54.0 Å². The second-order valence-electron chi connectivity index (χ2n) is 7.26. The van der Waals surface area contributed by atoms with Gasteiger partial charge in [-0.3, -0.25) is 9.88 Å². The molecular formula is C21H25N5O. The molecule has 3 heterocycles. The number of hydrogen-bond donors (Lipinski definition) is 1. The van der Waals surface area contributed by atoms with Gasteiger partial charge in [0.15, 0.2) is 0 Å². The van der Waals surface area contributed by atoms with Crippen molar-refractivity contribution in [2.45, 2.75) is 26.3 Å². The molecule has 0 unspecified atom stereocenters. The van der Waals surface area contributed by atoms with E-state index in [-0.39, 0.29) is 0 Å². The first-order chi connectivity index (χ1) is 13.2. The fourth-order valence-electron chi connectivity index (χ4n) is 3.45. The molecule has 27 heavy (non-hydrogen) atoms. The van der Waals surface area contributed by atoms with Gasteiger partial charge in [-0.05, 0) is 29.2 Å². The van der Waals surface area contributed by atoms with Gasteiger partial charge >= 0.3 is 0 Å². The van der Waals surface area contributed by atoms with Crippen molar-refractivity contribution in [2.75, 3.05) is 26.3 Å². The standard InChI is InChI=1S/C21H25N5O/c1-15(2)20-21(24-25-23-20)19-11-18(12-22-13-19)17-5-3-4-16(10-17)14-26-6-8-27-9-7-26/h3-5,10-13,15H,6-9,14H2,1-2H3,(H,23,24,25). The minimum absolute atomic E-state index is 0.305. The van der Waals surface area contributed by atoms with Crippen LogP contribution in [-0.4, -0.2) is 51.6 Å². The zero-order chi connectivity index (χ0) is 18.6. The van der Waals surface area contributed by atoms with Crippen LogP contribution in [-0.2, 0) is 11.3 Å². The summed E-state index contributed by atoms with van der Waals surface area (Å²) in [6.45, 7) is 8.81. The van der Waals surface area contributed by atoms with Crippen LogP contribution in [0.4, 0.5) is 0 Å². The molecule has 1 aromatic carbocycles. The van der Waals surface area contributed by atoms with Gasteiger partial charge in [-0.25, -0.2) is 0 Å². The van der Waals surface area contributed by atoms with Crippen molar-refractivity contribution in [2.24, 2.45) is 0 Å². The van der Waals surface area contributed by atoms with E-state index in [4.69, 9.17) is 4.74 Å². The number of hydrogen-bond acceptors (Lipinski definition) is 5. The Morgan fingerprint density at radius 3 is 2.67 bits per heavy atom. The van der Waals surface area contributed by atoms with E-state index in [0.29, 0.717) is 5.92 Å². The van der Waals surface area contributed by atoms with E-state index in [0.717, 1.165) is 55.4 Å². The molecule has 6 heteroatoms. The number of rotatable bonds is 5. The Kier molecular flexibility index (Phi) is 5.27. The van der Waals surface area contributed by atoms with Crippen LogP contribution in [0.25, 0.3) is 22.4 Å². The number of H-pyrrole nitrogens is 1. The summed E-state index contributed by atoms with van der Waals surface area (Å²) < 4.78 is 5.44. The summed E-state index contributed by atoms with van der Waals surface area (Å²) in [5.41, 5.74) is 6.41. The van der Waals surface area contributed by atoms with Gasteiger partial charge in [0.25, 0.3) is 0 Å². The van der Waals surface area contributed by atoms with Crippen LogP contribution in [0.15, 0.2) is 42.7 Å². The molecule has 3 aromatic rings. The summed E-state index contributed by atoms with van der Waals surface area (Å²) in [7, 11) is 0. The van der Waals surface area contributed by atoms with E-state index in [1.807, 2.05) is 12.4 Å². The zero-order valence-electron chi connectivity index (χ0n) is 15.9. The molecule has 0 amide bonds. The van der Waals surface area contributed by atoms with Crippen molar-refractivity contribution in [1.29, 1.82) is 0 Å². The Labute approximate surface area is 159 Å². The third-order valence-corrected chi connectivity index (χ3v) is 4.90. The zero-order valence-corrected chi connectivity index (χ0v) is 15.9. The maximum Gasteiger partial charge on any atom is 0.117 e. The molecule has 0 bridgehead atoms. The van der Waals surface area contributed by atoms with Gasteiger partial charge in [-0.2, -0.15) is 15.4 Å². The van der Waals surface area contributed by atoms with Gasteiger partial charge in [0.05, 0.1) is 18.9 Å². The minimum Gasteiger partial charge on any atom is -0.379 e. The Morgan fingerprint density at radius 2 is 1.85 bits per heavy atom. The van der Waals surface area contributed by atoms with Crippen molar-refractivity contribution >= 4 is 0 Å². The lowest BCUT2D eigenvalue weighted by Crippen LogP contribution is -2.35. The van der Waals surface area contributed by atoms with E-state index in [9.17, 15) is 0 Å². The molecule has 0 aliphatic carbocycles. The number of aromatic amines is 1. The number of nitrogens with zero attached hydrogens (tertiary/aromatic N) is 4. The lowest BCUT2D eigenvalue weighted by Gasteiger charge is -2.26. The number of pyridine rings is 1. The summed E-state index contributed by atoms with van der Waals surface area (Å²) in [5.74, 6) is 0.305. The molecule has 6 nitrogen and oxygen atoms in total. The van der Waals surface area contributed by atoms with E-state index in [2.05, 4.69) is 69.5 Å². The number of nitrogens with one attached hydrogen (secondary N) is 1. The predicted octanol–water partition coefficient (Wildman–Crippen LogP) is 3.49. The maximum absolute atomic E-state index is 5.44. The summed E-state index contributed by atoms with van der Waals surface area (Å²) in [5, 5.41) is 11.4. The first kappa shape index (κ1) is 17.8. The predicted molar refractivity (Wildman–Crippen MR) is 105 cm³/mol. The van der Waals surface area contributed by atoms with Gasteiger partial charge in [0.1, 0.15) is 5.69 Å². The van der Waals surface area contributed by atoms with Crippen LogP contribution in [0.3, 0.4) is 0 Å². The molecule has 1 aliphatic rings. The van der Waals surface area contributed by atoms with E-state index < -0.39 is 0 Å². The third-order valence-electron chi connectivity index (χ3n) is 4.90. The highest BCUT2D eigenvalue weighted by Gasteiger charge is 2.15. The minimum atomic E-state index is 0.305. The highest BCUT2D eigenvalue weighted by atomic mass is 16.5. The normalized spacial score (nSPS) is 15.4. The lowest BCUT2D eigenvalue weighted by atomic mass is 10.00. The summed E-state index contributed by atoms with van der Waals surface area (Å²) in [6, 6.07) is 10.8. The fourth-order valence-corrected chi connectivity index (χ4v) is 3.45. The van der Waals surface area contributed by atoms with Crippen LogP contribution in [0, 0.1) is 0 Å². The van der Waals surface area contributed by atoms with Gasteiger partial charge in [-0.1, -0.05) is 32.0 Å².